The first-order valence-corrected chi connectivity index (χ1v) is 6.99. The highest BCUT2D eigenvalue weighted by Gasteiger charge is 2.13. The van der Waals surface area contributed by atoms with Crippen LogP contribution in [0.1, 0.15) is 41.6 Å². The van der Waals surface area contributed by atoms with Crippen molar-refractivity contribution in [2.24, 2.45) is 0 Å². The molecule has 22 heavy (non-hydrogen) atoms. The minimum atomic E-state index is -0.261. The van der Waals surface area contributed by atoms with E-state index in [0.29, 0.717) is 22.6 Å². The lowest BCUT2D eigenvalue weighted by molar-refractivity contribution is 0.102. The van der Waals surface area contributed by atoms with E-state index in [4.69, 9.17) is 0 Å². The number of amides is 1. The summed E-state index contributed by atoms with van der Waals surface area (Å²) in [6.45, 7) is 5.82. The average molecular weight is 296 g/mol. The topological polar surface area (TPSA) is 85.1 Å². The summed E-state index contributed by atoms with van der Waals surface area (Å²) in [5, 5.41) is 6.87. The van der Waals surface area contributed by atoms with Gasteiger partial charge in [-0.25, -0.2) is 19.5 Å². The van der Waals surface area contributed by atoms with E-state index in [1.807, 2.05) is 13.8 Å². The van der Waals surface area contributed by atoms with Crippen molar-refractivity contribution in [2.45, 2.75) is 26.7 Å². The van der Waals surface area contributed by atoms with Crippen molar-refractivity contribution in [1.29, 1.82) is 0 Å². The third kappa shape index (κ3) is 2.65. The van der Waals surface area contributed by atoms with Gasteiger partial charge in [0.05, 0.1) is 35.5 Å². The number of aryl methyl sites for hydroxylation is 1. The van der Waals surface area contributed by atoms with Crippen LogP contribution in [0.3, 0.4) is 0 Å². The number of nitrogens with one attached hydrogen (secondary N) is 1. The molecule has 0 aliphatic heterocycles. The van der Waals surface area contributed by atoms with Crippen molar-refractivity contribution in [1.82, 2.24) is 24.6 Å². The summed E-state index contributed by atoms with van der Waals surface area (Å²) in [5.41, 5.74) is 2.36. The van der Waals surface area contributed by atoms with E-state index < -0.39 is 0 Å². The van der Waals surface area contributed by atoms with Gasteiger partial charge in [-0.05, 0) is 6.92 Å². The number of nitrogens with zero attached hydrogens (tertiary/aromatic N) is 5. The van der Waals surface area contributed by atoms with Crippen LogP contribution in [0.4, 0.5) is 5.69 Å². The molecular formula is C15H16N6O. The predicted molar refractivity (Wildman–Crippen MR) is 81.8 cm³/mol. The lowest BCUT2D eigenvalue weighted by atomic mass is 10.2. The molecule has 3 aromatic rings. The van der Waals surface area contributed by atoms with Crippen LogP contribution >= 0.6 is 0 Å². The first-order chi connectivity index (χ1) is 10.5. The van der Waals surface area contributed by atoms with Crippen molar-refractivity contribution in [3.63, 3.8) is 0 Å². The van der Waals surface area contributed by atoms with Gasteiger partial charge in [0.2, 0.25) is 0 Å². The lowest BCUT2D eigenvalue weighted by Gasteiger charge is -2.08. The van der Waals surface area contributed by atoms with E-state index in [1.54, 1.807) is 42.3 Å². The zero-order chi connectivity index (χ0) is 15.7. The number of carbonyl (C=O) groups excluding carboxylic acids is 1. The SMILES string of the molecule is Cc1nc2ccnn2cc1C(=O)Nc1cnc(C(C)C)nc1. The van der Waals surface area contributed by atoms with E-state index >= 15 is 0 Å². The second kappa shape index (κ2) is 5.51. The van der Waals surface area contributed by atoms with Crippen molar-refractivity contribution in [2.75, 3.05) is 5.32 Å². The Morgan fingerprint density at radius 3 is 2.68 bits per heavy atom. The normalized spacial score (nSPS) is 11.1. The molecule has 7 heteroatoms. The molecule has 112 valence electrons. The minimum absolute atomic E-state index is 0.249. The molecule has 3 rings (SSSR count). The van der Waals surface area contributed by atoms with E-state index in [2.05, 4.69) is 25.4 Å². The molecule has 0 aromatic carbocycles. The average Bonchev–Trinajstić information content (AvgIpc) is 2.94. The Bertz CT molecular complexity index is 822. The summed E-state index contributed by atoms with van der Waals surface area (Å²) in [4.78, 5) is 25.2. The lowest BCUT2D eigenvalue weighted by Crippen LogP contribution is -2.16. The third-order valence-electron chi connectivity index (χ3n) is 3.26. The summed E-state index contributed by atoms with van der Waals surface area (Å²) < 4.78 is 1.57. The van der Waals surface area contributed by atoms with Crippen LogP contribution in [-0.4, -0.2) is 30.5 Å². The maximum Gasteiger partial charge on any atom is 0.259 e. The highest BCUT2D eigenvalue weighted by molar-refractivity contribution is 6.04. The van der Waals surface area contributed by atoms with Gasteiger partial charge < -0.3 is 5.32 Å². The molecule has 0 bridgehead atoms. The van der Waals surface area contributed by atoms with Gasteiger partial charge >= 0.3 is 0 Å². The highest BCUT2D eigenvalue weighted by Crippen LogP contribution is 2.13. The van der Waals surface area contributed by atoms with Crippen LogP contribution < -0.4 is 5.32 Å². The van der Waals surface area contributed by atoms with E-state index in [0.717, 1.165) is 5.82 Å². The van der Waals surface area contributed by atoms with Crippen molar-refractivity contribution < 1.29 is 4.79 Å². The summed E-state index contributed by atoms with van der Waals surface area (Å²) in [6, 6.07) is 1.78. The number of carbonyl (C=O) groups is 1. The quantitative estimate of drug-likeness (QED) is 0.801. The van der Waals surface area contributed by atoms with Crippen molar-refractivity contribution in [3.8, 4) is 0 Å². The Labute approximate surface area is 127 Å². The molecule has 3 aromatic heterocycles. The van der Waals surface area contributed by atoms with Crippen molar-refractivity contribution in [3.05, 3.63) is 47.9 Å². The first-order valence-electron chi connectivity index (χ1n) is 6.99. The number of hydrogen-bond donors (Lipinski definition) is 1. The van der Waals surface area contributed by atoms with Crippen LogP contribution in [0.5, 0.6) is 0 Å². The van der Waals surface area contributed by atoms with Gasteiger partial charge in [-0.15, -0.1) is 0 Å². The molecule has 7 nitrogen and oxygen atoms in total. The van der Waals surface area contributed by atoms with Gasteiger partial charge in [0, 0.05) is 18.2 Å². The maximum absolute atomic E-state index is 12.4. The standard InChI is InChI=1S/C15H16N6O/c1-9(2)14-16-6-11(7-17-14)20-15(22)12-8-21-13(4-5-18-21)19-10(12)3/h4-9H,1-3H3,(H,20,22). The van der Waals surface area contributed by atoms with Crippen LogP contribution in [-0.2, 0) is 0 Å². The fraction of sp³-hybridized carbons (Fsp3) is 0.267. The largest absolute Gasteiger partial charge is 0.319 e. The monoisotopic (exact) mass is 296 g/mol. The molecule has 0 aliphatic carbocycles. The fourth-order valence-electron chi connectivity index (χ4n) is 2.07. The van der Waals surface area contributed by atoms with Crippen LogP contribution in [0.2, 0.25) is 0 Å². The molecular weight excluding hydrogens is 280 g/mol. The first kappa shape index (κ1) is 14.1. The summed E-state index contributed by atoms with van der Waals surface area (Å²) in [6.07, 6.45) is 6.52. The Morgan fingerprint density at radius 2 is 2.00 bits per heavy atom. The Kier molecular flexibility index (Phi) is 3.54. The van der Waals surface area contributed by atoms with Gasteiger partial charge in [-0.1, -0.05) is 13.8 Å². The zero-order valence-corrected chi connectivity index (χ0v) is 12.6. The molecule has 1 N–H and O–H groups in total. The smallest absolute Gasteiger partial charge is 0.259 e. The molecule has 0 unspecified atom stereocenters. The predicted octanol–water partition coefficient (Wildman–Crippen LogP) is 2.20. The third-order valence-corrected chi connectivity index (χ3v) is 3.26. The molecule has 0 fully saturated rings. The van der Waals surface area contributed by atoms with E-state index in [-0.39, 0.29) is 11.8 Å². The van der Waals surface area contributed by atoms with E-state index in [1.165, 1.54) is 0 Å². The number of anilines is 1. The molecule has 0 saturated carbocycles. The molecule has 0 saturated heterocycles. The Hall–Kier alpha value is -2.83. The highest BCUT2D eigenvalue weighted by atomic mass is 16.1. The van der Waals surface area contributed by atoms with E-state index in [9.17, 15) is 4.79 Å². The second-order valence-electron chi connectivity index (χ2n) is 5.31. The minimum Gasteiger partial charge on any atom is -0.319 e. The number of aromatic nitrogens is 5. The fourth-order valence-corrected chi connectivity index (χ4v) is 2.07. The van der Waals surface area contributed by atoms with Gasteiger partial charge in [-0.2, -0.15) is 5.10 Å². The second-order valence-corrected chi connectivity index (χ2v) is 5.31. The van der Waals surface area contributed by atoms with Gasteiger partial charge in [0.1, 0.15) is 5.82 Å². The van der Waals surface area contributed by atoms with Gasteiger partial charge in [0.15, 0.2) is 5.65 Å². The Morgan fingerprint density at radius 1 is 1.27 bits per heavy atom. The summed E-state index contributed by atoms with van der Waals surface area (Å²) in [5.74, 6) is 0.732. The Balaban J connectivity index is 1.84. The maximum atomic E-state index is 12.4. The van der Waals surface area contributed by atoms with Gasteiger partial charge in [-0.3, -0.25) is 4.79 Å². The number of fused-ring (bicyclic) bond motifs is 1. The molecule has 1 amide bonds. The van der Waals surface area contributed by atoms with Crippen molar-refractivity contribution >= 4 is 17.2 Å². The molecule has 0 aliphatic rings. The van der Waals surface area contributed by atoms with Crippen LogP contribution in [0.25, 0.3) is 5.65 Å². The zero-order valence-electron chi connectivity index (χ0n) is 12.6. The number of rotatable bonds is 3. The molecule has 0 radical (unpaired) electrons. The van der Waals surface area contributed by atoms with Crippen LogP contribution in [0.15, 0.2) is 30.9 Å². The summed E-state index contributed by atoms with van der Waals surface area (Å²) in [7, 11) is 0. The molecule has 0 spiro atoms. The number of hydrogen-bond acceptors (Lipinski definition) is 5. The molecule has 0 atom stereocenters. The molecule has 3 heterocycles. The van der Waals surface area contributed by atoms with Crippen LogP contribution in [0, 0.1) is 6.92 Å². The van der Waals surface area contributed by atoms with Gasteiger partial charge in [0.25, 0.3) is 5.91 Å². The summed E-state index contributed by atoms with van der Waals surface area (Å²) >= 11 is 0.